The molecule has 1 saturated heterocycles. The number of halogens is 3. The molecule has 100 valence electrons. The van der Waals surface area contributed by atoms with Crippen LogP contribution >= 0.6 is 24.0 Å². The second kappa shape index (κ2) is 6.36. The molecular formula is C12H14Cl2FNO2. The van der Waals surface area contributed by atoms with Crippen LogP contribution in [-0.2, 0) is 11.3 Å². The van der Waals surface area contributed by atoms with Crippen molar-refractivity contribution >= 4 is 30.0 Å². The standard InChI is InChI=1S/C12H13ClFNO2.ClH/c13-10-6-9(14)4-3-8(10)7-15-5-1-2-11(15)12(16)17;/h3-4,6,11H,1-2,5,7H2,(H,16,17);1H/t11-;/m1./s1. The molecule has 2 rings (SSSR count). The summed E-state index contributed by atoms with van der Waals surface area (Å²) in [5.41, 5.74) is 0.765. The maximum atomic E-state index is 12.9. The van der Waals surface area contributed by atoms with E-state index in [0.29, 0.717) is 18.0 Å². The van der Waals surface area contributed by atoms with E-state index in [2.05, 4.69) is 0 Å². The molecule has 0 spiro atoms. The molecule has 0 amide bonds. The lowest BCUT2D eigenvalue weighted by molar-refractivity contribution is -0.142. The van der Waals surface area contributed by atoms with Crippen molar-refractivity contribution in [3.05, 3.63) is 34.6 Å². The fourth-order valence-corrected chi connectivity index (χ4v) is 2.39. The van der Waals surface area contributed by atoms with Crippen molar-refractivity contribution < 1.29 is 14.3 Å². The minimum atomic E-state index is -0.805. The number of rotatable bonds is 3. The monoisotopic (exact) mass is 293 g/mol. The first-order valence-electron chi connectivity index (χ1n) is 5.48. The van der Waals surface area contributed by atoms with Gasteiger partial charge in [0.2, 0.25) is 0 Å². The van der Waals surface area contributed by atoms with Gasteiger partial charge >= 0.3 is 5.97 Å². The van der Waals surface area contributed by atoms with Gasteiger partial charge in [-0.05, 0) is 37.1 Å². The second-order valence-electron chi connectivity index (χ2n) is 4.20. The number of carboxylic acids is 1. The van der Waals surface area contributed by atoms with Crippen LogP contribution in [0.5, 0.6) is 0 Å². The first-order chi connectivity index (χ1) is 8.08. The van der Waals surface area contributed by atoms with Gasteiger partial charge in [-0.15, -0.1) is 12.4 Å². The van der Waals surface area contributed by atoms with Gasteiger partial charge < -0.3 is 5.11 Å². The number of aliphatic carboxylic acids is 1. The number of benzene rings is 1. The van der Waals surface area contributed by atoms with Gasteiger partial charge in [0, 0.05) is 11.6 Å². The summed E-state index contributed by atoms with van der Waals surface area (Å²) in [5, 5.41) is 9.39. The van der Waals surface area contributed by atoms with Gasteiger partial charge in [0.15, 0.2) is 0 Å². The molecule has 0 radical (unpaired) electrons. The first-order valence-corrected chi connectivity index (χ1v) is 5.86. The maximum Gasteiger partial charge on any atom is 0.320 e. The zero-order valence-corrected chi connectivity index (χ0v) is 11.2. The fourth-order valence-electron chi connectivity index (χ4n) is 2.16. The maximum absolute atomic E-state index is 12.9. The highest BCUT2D eigenvalue weighted by molar-refractivity contribution is 6.31. The van der Waals surface area contributed by atoms with E-state index >= 15 is 0 Å². The van der Waals surface area contributed by atoms with Gasteiger partial charge in [0.05, 0.1) is 0 Å². The minimum absolute atomic E-state index is 0. The molecule has 0 aromatic heterocycles. The molecule has 18 heavy (non-hydrogen) atoms. The molecule has 1 N–H and O–H groups in total. The summed E-state index contributed by atoms with van der Waals surface area (Å²) in [6.45, 7) is 1.20. The predicted octanol–water partition coefficient (Wildman–Crippen LogP) is 2.95. The van der Waals surface area contributed by atoms with Crippen molar-refractivity contribution in [3.8, 4) is 0 Å². The summed E-state index contributed by atoms with van der Waals surface area (Å²) in [7, 11) is 0. The molecular weight excluding hydrogens is 280 g/mol. The van der Waals surface area contributed by atoms with Crippen LogP contribution in [0.15, 0.2) is 18.2 Å². The third-order valence-electron chi connectivity index (χ3n) is 3.04. The molecule has 1 aromatic carbocycles. The van der Waals surface area contributed by atoms with Crippen LogP contribution in [-0.4, -0.2) is 28.6 Å². The molecule has 1 aromatic rings. The van der Waals surface area contributed by atoms with Gasteiger partial charge in [-0.25, -0.2) is 4.39 Å². The van der Waals surface area contributed by atoms with E-state index in [1.54, 1.807) is 6.07 Å². The summed E-state index contributed by atoms with van der Waals surface area (Å²) in [4.78, 5) is 12.9. The Balaban J connectivity index is 0.00000162. The Morgan fingerprint density at radius 1 is 1.56 bits per heavy atom. The van der Waals surface area contributed by atoms with E-state index in [4.69, 9.17) is 16.7 Å². The Kier molecular flexibility index (Phi) is 5.38. The number of hydrogen-bond acceptors (Lipinski definition) is 2. The number of carbonyl (C=O) groups is 1. The average Bonchev–Trinajstić information content (AvgIpc) is 2.70. The van der Waals surface area contributed by atoms with E-state index in [1.165, 1.54) is 12.1 Å². The molecule has 1 fully saturated rings. The van der Waals surface area contributed by atoms with Gasteiger partial charge in [0.25, 0.3) is 0 Å². The fraction of sp³-hybridized carbons (Fsp3) is 0.417. The lowest BCUT2D eigenvalue weighted by Crippen LogP contribution is -2.35. The Morgan fingerprint density at radius 3 is 2.89 bits per heavy atom. The van der Waals surface area contributed by atoms with Crippen LogP contribution in [0.25, 0.3) is 0 Å². The molecule has 3 nitrogen and oxygen atoms in total. The normalized spacial score (nSPS) is 19.6. The Hall–Kier alpha value is -0.840. The van der Waals surface area contributed by atoms with E-state index < -0.39 is 12.0 Å². The van der Waals surface area contributed by atoms with E-state index in [-0.39, 0.29) is 18.2 Å². The molecule has 1 heterocycles. The van der Waals surface area contributed by atoms with Crippen LogP contribution in [0.1, 0.15) is 18.4 Å². The van der Waals surface area contributed by atoms with Crippen molar-refractivity contribution in [1.82, 2.24) is 4.90 Å². The number of likely N-dealkylation sites (tertiary alicyclic amines) is 1. The van der Waals surface area contributed by atoms with Crippen LogP contribution in [0.3, 0.4) is 0 Å². The smallest absolute Gasteiger partial charge is 0.320 e. The Morgan fingerprint density at radius 2 is 2.28 bits per heavy atom. The van der Waals surface area contributed by atoms with Gasteiger partial charge in [-0.1, -0.05) is 17.7 Å². The zero-order valence-electron chi connectivity index (χ0n) is 9.60. The average molecular weight is 294 g/mol. The van der Waals surface area contributed by atoms with E-state index in [1.807, 2.05) is 4.90 Å². The van der Waals surface area contributed by atoms with E-state index in [9.17, 15) is 9.18 Å². The quantitative estimate of drug-likeness (QED) is 0.931. The molecule has 0 bridgehead atoms. The van der Waals surface area contributed by atoms with Crippen LogP contribution < -0.4 is 0 Å². The SMILES string of the molecule is Cl.O=C(O)[C@H]1CCCN1Cc1ccc(F)cc1Cl. The summed E-state index contributed by atoms with van der Waals surface area (Å²) >= 11 is 5.92. The Bertz CT molecular complexity index is 442. The lowest BCUT2D eigenvalue weighted by Gasteiger charge is -2.21. The summed E-state index contributed by atoms with van der Waals surface area (Å²) in [6.07, 6.45) is 1.53. The number of nitrogens with zero attached hydrogens (tertiary/aromatic N) is 1. The third kappa shape index (κ3) is 3.34. The van der Waals surface area contributed by atoms with E-state index in [0.717, 1.165) is 18.5 Å². The molecule has 1 atom stereocenters. The summed E-state index contributed by atoms with van der Waals surface area (Å²) in [5.74, 6) is -1.18. The summed E-state index contributed by atoms with van der Waals surface area (Å²) < 4.78 is 12.9. The van der Waals surface area contributed by atoms with Crippen molar-refractivity contribution in [1.29, 1.82) is 0 Å². The van der Waals surface area contributed by atoms with Crippen LogP contribution in [0.4, 0.5) is 4.39 Å². The second-order valence-corrected chi connectivity index (χ2v) is 4.61. The largest absolute Gasteiger partial charge is 0.480 e. The highest BCUT2D eigenvalue weighted by atomic mass is 35.5. The molecule has 0 aliphatic carbocycles. The predicted molar refractivity (Wildman–Crippen MR) is 69.7 cm³/mol. The van der Waals surface area contributed by atoms with Crippen LogP contribution in [0.2, 0.25) is 5.02 Å². The van der Waals surface area contributed by atoms with Crippen molar-refractivity contribution in [3.63, 3.8) is 0 Å². The third-order valence-corrected chi connectivity index (χ3v) is 3.39. The van der Waals surface area contributed by atoms with Crippen molar-refractivity contribution in [2.45, 2.75) is 25.4 Å². The highest BCUT2D eigenvalue weighted by Gasteiger charge is 2.30. The van der Waals surface area contributed by atoms with Gasteiger partial charge in [-0.3, -0.25) is 9.69 Å². The van der Waals surface area contributed by atoms with Crippen molar-refractivity contribution in [2.24, 2.45) is 0 Å². The van der Waals surface area contributed by atoms with Gasteiger partial charge in [-0.2, -0.15) is 0 Å². The minimum Gasteiger partial charge on any atom is -0.480 e. The lowest BCUT2D eigenvalue weighted by atomic mass is 10.2. The number of carboxylic acid groups (broad SMARTS) is 1. The highest BCUT2D eigenvalue weighted by Crippen LogP contribution is 2.24. The Labute approximate surface area is 116 Å². The zero-order chi connectivity index (χ0) is 12.4. The molecule has 1 aliphatic heterocycles. The first kappa shape index (κ1) is 15.2. The van der Waals surface area contributed by atoms with Gasteiger partial charge in [0.1, 0.15) is 11.9 Å². The molecule has 0 saturated carbocycles. The number of hydrogen-bond donors (Lipinski definition) is 1. The topological polar surface area (TPSA) is 40.5 Å². The molecule has 1 aliphatic rings. The molecule has 0 unspecified atom stereocenters. The molecule has 6 heteroatoms. The summed E-state index contributed by atoms with van der Waals surface area (Å²) in [6, 6.07) is 3.75. The van der Waals surface area contributed by atoms with Crippen LogP contribution in [0, 0.1) is 5.82 Å². The van der Waals surface area contributed by atoms with Crippen molar-refractivity contribution in [2.75, 3.05) is 6.54 Å².